The van der Waals surface area contributed by atoms with E-state index >= 15 is 0 Å². The second kappa shape index (κ2) is 69.6. The van der Waals surface area contributed by atoms with Crippen LogP contribution in [0.3, 0.4) is 0 Å². The summed E-state index contributed by atoms with van der Waals surface area (Å²) < 4.78 is 68.5. The lowest BCUT2D eigenvalue weighted by molar-refractivity contribution is -0.161. The Morgan fingerprint density at radius 2 is 0.562 bits per heavy atom. The van der Waals surface area contributed by atoms with E-state index in [2.05, 4.69) is 58.9 Å². The van der Waals surface area contributed by atoms with Crippen LogP contribution in [-0.2, 0) is 65.4 Å². The number of rotatable bonds is 75. The minimum atomic E-state index is -4.96. The molecule has 0 heterocycles. The van der Waals surface area contributed by atoms with Gasteiger partial charge in [0.05, 0.1) is 26.4 Å². The molecule has 96 heavy (non-hydrogen) atoms. The zero-order valence-electron chi connectivity index (χ0n) is 62.0. The molecule has 0 aromatic carbocycles. The fraction of sp³-hybridized carbons (Fsp3) is 0.896. The van der Waals surface area contributed by atoms with Crippen LogP contribution in [-0.4, -0.2) is 96.7 Å². The minimum absolute atomic E-state index is 0.101. The van der Waals surface area contributed by atoms with Gasteiger partial charge in [-0.25, -0.2) is 9.13 Å². The zero-order valence-corrected chi connectivity index (χ0v) is 63.8. The summed E-state index contributed by atoms with van der Waals surface area (Å²) in [5, 5.41) is 10.6. The number of aliphatic hydroxyl groups is 1. The van der Waals surface area contributed by atoms with Gasteiger partial charge < -0.3 is 33.8 Å². The Bertz CT molecular complexity index is 1930. The first-order chi connectivity index (χ1) is 46.5. The minimum Gasteiger partial charge on any atom is -0.462 e. The van der Waals surface area contributed by atoms with E-state index in [0.717, 1.165) is 115 Å². The van der Waals surface area contributed by atoms with Crippen molar-refractivity contribution in [1.82, 2.24) is 0 Å². The number of aliphatic hydroxyl groups excluding tert-OH is 1. The van der Waals surface area contributed by atoms with Gasteiger partial charge in [-0.1, -0.05) is 329 Å². The number of phosphoric acid groups is 2. The highest BCUT2D eigenvalue weighted by Crippen LogP contribution is 2.45. The molecule has 0 bridgehead atoms. The van der Waals surface area contributed by atoms with Gasteiger partial charge in [-0.2, -0.15) is 0 Å². The number of allylic oxidation sites excluding steroid dienone is 4. The van der Waals surface area contributed by atoms with Crippen LogP contribution in [0.4, 0.5) is 0 Å². The first-order valence-corrected chi connectivity index (χ1v) is 42.4. The maximum absolute atomic E-state index is 13.1. The molecule has 0 saturated heterocycles. The van der Waals surface area contributed by atoms with Crippen molar-refractivity contribution in [3.63, 3.8) is 0 Å². The Morgan fingerprint density at radius 3 is 0.854 bits per heavy atom. The maximum atomic E-state index is 13.1. The molecular weight excluding hydrogens is 1260 g/mol. The molecule has 0 aromatic rings. The Balaban J connectivity index is 5.29. The van der Waals surface area contributed by atoms with Gasteiger partial charge in [0.2, 0.25) is 0 Å². The summed E-state index contributed by atoms with van der Waals surface area (Å²) in [6, 6.07) is 0. The molecule has 0 aliphatic heterocycles. The van der Waals surface area contributed by atoms with Gasteiger partial charge in [0.1, 0.15) is 19.3 Å². The van der Waals surface area contributed by atoms with Crippen molar-refractivity contribution < 1.29 is 80.2 Å². The number of ether oxygens (including phenoxy) is 4. The number of unbranched alkanes of at least 4 members (excludes halogenated alkanes) is 44. The molecule has 3 N–H and O–H groups in total. The van der Waals surface area contributed by atoms with Crippen molar-refractivity contribution in [2.75, 3.05) is 39.6 Å². The summed E-state index contributed by atoms with van der Waals surface area (Å²) >= 11 is 0. The van der Waals surface area contributed by atoms with Gasteiger partial charge in [0, 0.05) is 25.7 Å². The van der Waals surface area contributed by atoms with E-state index in [1.165, 1.54) is 186 Å². The first-order valence-electron chi connectivity index (χ1n) is 39.5. The summed E-state index contributed by atoms with van der Waals surface area (Å²) in [7, 11) is -9.92. The molecule has 0 aromatic heterocycles. The smallest absolute Gasteiger partial charge is 0.462 e. The summed E-state index contributed by atoms with van der Waals surface area (Å²) in [4.78, 5) is 72.8. The summed E-state index contributed by atoms with van der Waals surface area (Å²) in [5.74, 6) is -1.35. The molecule has 0 aliphatic rings. The van der Waals surface area contributed by atoms with Gasteiger partial charge in [-0.05, 0) is 57.3 Å². The number of hydrogen-bond acceptors (Lipinski definition) is 15. The Labute approximate surface area is 586 Å². The summed E-state index contributed by atoms with van der Waals surface area (Å²) in [5.41, 5.74) is 0. The van der Waals surface area contributed by atoms with Crippen LogP contribution in [0.2, 0.25) is 0 Å². The average molecular weight is 1410 g/mol. The van der Waals surface area contributed by atoms with Crippen LogP contribution in [0.1, 0.15) is 381 Å². The molecule has 566 valence electrons. The van der Waals surface area contributed by atoms with Crippen LogP contribution in [0.15, 0.2) is 24.3 Å². The first kappa shape index (κ1) is 93.5. The molecule has 0 radical (unpaired) electrons. The summed E-state index contributed by atoms with van der Waals surface area (Å²) in [6.07, 6.45) is 61.6. The molecule has 5 atom stereocenters. The van der Waals surface area contributed by atoms with Crippen LogP contribution in [0.5, 0.6) is 0 Å². The zero-order chi connectivity index (χ0) is 70.5. The average Bonchev–Trinajstić information content (AvgIpc) is 1.24. The molecule has 17 nitrogen and oxygen atoms in total. The lowest BCUT2D eigenvalue weighted by Gasteiger charge is -2.21. The molecule has 0 rings (SSSR count). The standard InChI is InChI=1S/C77H146O17P2/c1-6-9-12-15-18-21-24-26-27-32-36-41-46-51-56-61-75(80)88-67-73(94-77(82)63-58-53-48-43-38-33-29-28-31-35-39-44-49-54-59-70(4)5)69-92-96(85,86)90-65-71(78)64-89-95(83,84)91-68-72(66-87-74(79)60-55-50-45-40-34-23-20-17-14-11-8-3)93-76(81)62-57-52-47-42-37-30-25-22-19-16-13-10-7-2/h21,24,26-27,70-73,78H,6-20,22-23,25,28-69H2,1-5H3,(H,83,84)(H,85,86)/b24-21-,27-26-/t71-,72+,73+/m0/s1. The highest BCUT2D eigenvalue weighted by atomic mass is 31.2. The number of phosphoric ester groups is 2. The quantitative estimate of drug-likeness (QED) is 0.0169. The molecule has 19 heteroatoms. The predicted octanol–water partition coefficient (Wildman–Crippen LogP) is 22.4. The monoisotopic (exact) mass is 1410 g/mol. The van der Waals surface area contributed by atoms with Crippen molar-refractivity contribution in [2.24, 2.45) is 5.92 Å². The van der Waals surface area contributed by atoms with E-state index in [-0.39, 0.29) is 25.7 Å². The Kier molecular flexibility index (Phi) is 67.8. The van der Waals surface area contributed by atoms with Crippen LogP contribution in [0, 0.1) is 5.92 Å². The molecule has 0 saturated carbocycles. The Morgan fingerprint density at radius 1 is 0.323 bits per heavy atom. The fourth-order valence-electron chi connectivity index (χ4n) is 11.3. The Hall–Kier alpha value is -2.46. The van der Waals surface area contributed by atoms with Gasteiger partial charge in [0.25, 0.3) is 0 Å². The van der Waals surface area contributed by atoms with E-state index in [9.17, 15) is 43.2 Å². The van der Waals surface area contributed by atoms with E-state index in [0.29, 0.717) is 25.7 Å². The van der Waals surface area contributed by atoms with Crippen molar-refractivity contribution in [3.8, 4) is 0 Å². The van der Waals surface area contributed by atoms with Gasteiger partial charge >= 0.3 is 39.5 Å². The summed E-state index contributed by atoms with van der Waals surface area (Å²) in [6.45, 7) is 7.26. The van der Waals surface area contributed by atoms with Crippen molar-refractivity contribution in [3.05, 3.63) is 24.3 Å². The van der Waals surface area contributed by atoms with Gasteiger partial charge in [-0.15, -0.1) is 0 Å². The van der Waals surface area contributed by atoms with Crippen LogP contribution in [0.25, 0.3) is 0 Å². The van der Waals surface area contributed by atoms with E-state index in [1.807, 2.05) is 0 Å². The molecular formula is C77H146O17P2. The largest absolute Gasteiger partial charge is 0.472 e. The SMILES string of the molecule is CCCCCC/C=C\C=C/CCCCCCCC(=O)OC[C@H](COP(=O)(O)OC[C@@H](O)COP(=O)(O)OC[C@@H](COC(=O)CCCCCCCCCCCCC)OC(=O)CCCCCCCCCCCCCCC)OC(=O)CCCCCCCCCCCCCCCCC(C)C. The highest BCUT2D eigenvalue weighted by Gasteiger charge is 2.30. The van der Waals surface area contributed by atoms with E-state index in [1.54, 1.807) is 0 Å². The van der Waals surface area contributed by atoms with Crippen LogP contribution >= 0.6 is 15.6 Å². The highest BCUT2D eigenvalue weighted by molar-refractivity contribution is 7.47. The third-order valence-corrected chi connectivity index (χ3v) is 19.3. The number of carbonyl (C=O) groups is 4. The van der Waals surface area contributed by atoms with Gasteiger partial charge in [0.15, 0.2) is 12.2 Å². The lowest BCUT2D eigenvalue weighted by Crippen LogP contribution is -2.30. The predicted molar refractivity (Wildman–Crippen MR) is 391 cm³/mol. The van der Waals surface area contributed by atoms with Crippen LogP contribution < -0.4 is 0 Å². The molecule has 0 aliphatic carbocycles. The van der Waals surface area contributed by atoms with Crippen molar-refractivity contribution in [2.45, 2.75) is 400 Å². The molecule has 0 spiro atoms. The number of esters is 4. The number of carbonyl (C=O) groups excluding carboxylic acids is 4. The third-order valence-electron chi connectivity index (χ3n) is 17.4. The molecule has 2 unspecified atom stereocenters. The van der Waals surface area contributed by atoms with Gasteiger partial charge in [-0.3, -0.25) is 37.3 Å². The molecule has 0 amide bonds. The van der Waals surface area contributed by atoms with E-state index < -0.39 is 97.5 Å². The van der Waals surface area contributed by atoms with Crippen molar-refractivity contribution >= 4 is 39.5 Å². The normalized spacial score (nSPS) is 14.1. The second-order valence-electron chi connectivity index (χ2n) is 27.5. The van der Waals surface area contributed by atoms with E-state index in [4.69, 9.17) is 37.0 Å². The topological polar surface area (TPSA) is 237 Å². The third kappa shape index (κ3) is 70.0. The lowest BCUT2D eigenvalue weighted by atomic mass is 10.0. The second-order valence-corrected chi connectivity index (χ2v) is 30.4. The number of hydrogen-bond donors (Lipinski definition) is 3. The van der Waals surface area contributed by atoms with Crippen molar-refractivity contribution in [1.29, 1.82) is 0 Å². The maximum Gasteiger partial charge on any atom is 0.472 e. The fourth-order valence-corrected chi connectivity index (χ4v) is 12.9. The molecule has 0 fully saturated rings.